The highest BCUT2D eigenvalue weighted by molar-refractivity contribution is 5.95. The minimum absolute atomic E-state index is 0.0517. The number of hydrogen-bond acceptors (Lipinski definition) is 5. The first-order chi connectivity index (χ1) is 12.9. The van der Waals surface area contributed by atoms with Crippen molar-refractivity contribution in [2.24, 2.45) is 11.8 Å². The molecule has 148 valence electrons. The number of amides is 1. The molecule has 2 heterocycles. The van der Waals surface area contributed by atoms with Crippen molar-refractivity contribution in [1.29, 1.82) is 0 Å². The normalized spacial score (nSPS) is 23.9. The maximum Gasteiger partial charge on any atom is 0.292 e. The molecule has 7 nitrogen and oxygen atoms in total. The molecule has 7 heteroatoms. The van der Waals surface area contributed by atoms with Crippen LogP contribution < -0.4 is 10.2 Å². The van der Waals surface area contributed by atoms with Crippen LogP contribution in [0.4, 0.5) is 17.1 Å². The van der Waals surface area contributed by atoms with Crippen LogP contribution in [0.25, 0.3) is 0 Å². The summed E-state index contributed by atoms with van der Waals surface area (Å²) in [5.74, 6) is 1.01. The molecule has 1 aromatic rings. The van der Waals surface area contributed by atoms with Crippen LogP contribution in [-0.2, 0) is 4.79 Å². The van der Waals surface area contributed by atoms with Crippen LogP contribution in [0.1, 0.15) is 39.5 Å². The van der Waals surface area contributed by atoms with Crippen LogP contribution in [-0.4, -0.2) is 48.5 Å². The van der Waals surface area contributed by atoms with Gasteiger partial charge in [0.2, 0.25) is 5.91 Å². The minimum Gasteiger partial charge on any atom is -0.371 e. The Balaban J connectivity index is 1.72. The topological polar surface area (TPSA) is 78.7 Å². The SMILES string of the molecule is C[C@H]1CCCN(CC(=O)Nc2cc(N3CCC[C@H](C)C3)ccc2[N+](=O)[O-])C1. The van der Waals surface area contributed by atoms with E-state index in [0.29, 0.717) is 17.5 Å². The summed E-state index contributed by atoms with van der Waals surface area (Å²) in [5, 5.41) is 14.2. The second-order valence-electron chi connectivity index (χ2n) is 8.18. The average Bonchev–Trinajstić information content (AvgIpc) is 2.61. The lowest BCUT2D eigenvalue weighted by atomic mass is 9.99. The van der Waals surface area contributed by atoms with E-state index >= 15 is 0 Å². The fourth-order valence-electron chi connectivity index (χ4n) is 4.23. The van der Waals surface area contributed by atoms with E-state index in [-0.39, 0.29) is 18.1 Å². The smallest absolute Gasteiger partial charge is 0.292 e. The van der Waals surface area contributed by atoms with Crippen molar-refractivity contribution in [2.45, 2.75) is 39.5 Å². The van der Waals surface area contributed by atoms with Gasteiger partial charge in [-0.05, 0) is 56.2 Å². The first kappa shape index (κ1) is 19.6. The van der Waals surface area contributed by atoms with E-state index in [2.05, 4.69) is 29.0 Å². The number of rotatable bonds is 5. The van der Waals surface area contributed by atoms with Crippen molar-refractivity contribution >= 4 is 23.0 Å². The first-order valence-electron chi connectivity index (χ1n) is 9.98. The van der Waals surface area contributed by atoms with Crippen LogP contribution in [0.5, 0.6) is 0 Å². The molecule has 0 saturated carbocycles. The van der Waals surface area contributed by atoms with Gasteiger partial charge in [0.1, 0.15) is 5.69 Å². The molecule has 2 fully saturated rings. The van der Waals surface area contributed by atoms with Crippen molar-refractivity contribution in [3.63, 3.8) is 0 Å². The zero-order valence-electron chi connectivity index (χ0n) is 16.3. The van der Waals surface area contributed by atoms with Gasteiger partial charge in [-0.25, -0.2) is 0 Å². The lowest BCUT2D eigenvalue weighted by Gasteiger charge is -2.33. The van der Waals surface area contributed by atoms with E-state index in [1.807, 2.05) is 0 Å². The van der Waals surface area contributed by atoms with E-state index < -0.39 is 4.92 Å². The van der Waals surface area contributed by atoms with Gasteiger partial charge in [-0.2, -0.15) is 0 Å². The second kappa shape index (κ2) is 8.69. The minimum atomic E-state index is -0.429. The Morgan fingerprint density at radius 3 is 2.56 bits per heavy atom. The van der Waals surface area contributed by atoms with Gasteiger partial charge >= 0.3 is 0 Å². The maximum atomic E-state index is 12.5. The Kier molecular flexibility index (Phi) is 6.31. The number of anilines is 2. The van der Waals surface area contributed by atoms with Gasteiger partial charge in [0.25, 0.3) is 5.69 Å². The quantitative estimate of drug-likeness (QED) is 0.630. The Hall–Kier alpha value is -2.15. The summed E-state index contributed by atoms with van der Waals surface area (Å²) in [6.07, 6.45) is 4.62. The number of nitro groups is 1. The number of hydrogen-bond donors (Lipinski definition) is 1. The molecule has 3 rings (SSSR count). The highest BCUT2D eigenvalue weighted by Gasteiger charge is 2.23. The fraction of sp³-hybridized carbons (Fsp3) is 0.650. The number of carbonyl (C=O) groups is 1. The molecule has 1 aromatic carbocycles. The summed E-state index contributed by atoms with van der Waals surface area (Å²) in [4.78, 5) is 27.9. The van der Waals surface area contributed by atoms with Crippen molar-refractivity contribution in [3.05, 3.63) is 28.3 Å². The predicted octanol–water partition coefficient (Wildman–Crippen LogP) is 3.50. The molecular weight excluding hydrogens is 344 g/mol. The molecule has 2 aliphatic heterocycles. The third-order valence-corrected chi connectivity index (χ3v) is 5.58. The Labute approximate surface area is 160 Å². The molecule has 0 aromatic heterocycles. The number of likely N-dealkylation sites (tertiary alicyclic amines) is 1. The van der Waals surface area contributed by atoms with Crippen LogP contribution in [0.3, 0.4) is 0 Å². The monoisotopic (exact) mass is 374 g/mol. The molecule has 1 amide bonds. The lowest BCUT2D eigenvalue weighted by molar-refractivity contribution is -0.383. The van der Waals surface area contributed by atoms with Crippen molar-refractivity contribution < 1.29 is 9.72 Å². The fourth-order valence-corrected chi connectivity index (χ4v) is 4.23. The van der Waals surface area contributed by atoms with Gasteiger partial charge in [-0.3, -0.25) is 19.8 Å². The molecule has 27 heavy (non-hydrogen) atoms. The number of carbonyl (C=O) groups excluding carboxylic acids is 1. The maximum absolute atomic E-state index is 12.5. The van der Waals surface area contributed by atoms with Gasteiger partial charge in [0.05, 0.1) is 11.5 Å². The summed E-state index contributed by atoms with van der Waals surface area (Å²) in [6, 6.07) is 5.05. The van der Waals surface area contributed by atoms with Gasteiger partial charge < -0.3 is 10.2 Å². The Morgan fingerprint density at radius 1 is 1.19 bits per heavy atom. The van der Waals surface area contributed by atoms with Crippen molar-refractivity contribution in [2.75, 3.05) is 42.9 Å². The summed E-state index contributed by atoms with van der Waals surface area (Å²) in [6.45, 7) is 8.40. The second-order valence-corrected chi connectivity index (χ2v) is 8.18. The molecule has 0 unspecified atom stereocenters. The molecule has 2 saturated heterocycles. The summed E-state index contributed by atoms with van der Waals surface area (Å²) in [7, 11) is 0. The van der Waals surface area contributed by atoms with Crippen LogP contribution in [0.15, 0.2) is 18.2 Å². The molecule has 0 bridgehead atoms. The molecule has 0 aliphatic carbocycles. The number of nitrogens with one attached hydrogen (secondary N) is 1. The average molecular weight is 374 g/mol. The molecule has 0 radical (unpaired) electrons. The zero-order valence-corrected chi connectivity index (χ0v) is 16.3. The lowest BCUT2D eigenvalue weighted by Crippen LogP contribution is -2.39. The molecular formula is C20H30N4O3. The van der Waals surface area contributed by atoms with Crippen LogP contribution in [0, 0.1) is 22.0 Å². The molecule has 1 N–H and O–H groups in total. The van der Waals surface area contributed by atoms with Crippen LogP contribution >= 0.6 is 0 Å². The summed E-state index contributed by atoms with van der Waals surface area (Å²) < 4.78 is 0. The van der Waals surface area contributed by atoms with Crippen molar-refractivity contribution in [3.8, 4) is 0 Å². The van der Waals surface area contributed by atoms with E-state index in [1.54, 1.807) is 12.1 Å². The number of benzene rings is 1. The highest BCUT2D eigenvalue weighted by Crippen LogP contribution is 2.31. The van der Waals surface area contributed by atoms with E-state index in [0.717, 1.165) is 44.7 Å². The number of nitrogens with zero attached hydrogens (tertiary/aromatic N) is 3. The Bertz CT molecular complexity index is 694. The zero-order chi connectivity index (χ0) is 19.4. The van der Waals surface area contributed by atoms with E-state index in [1.165, 1.54) is 18.9 Å². The van der Waals surface area contributed by atoms with Gasteiger partial charge in [-0.1, -0.05) is 13.8 Å². The summed E-state index contributed by atoms with van der Waals surface area (Å²) >= 11 is 0. The van der Waals surface area contributed by atoms with E-state index in [9.17, 15) is 14.9 Å². The van der Waals surface area contributed by atoms with Crippen molar-refractivity contribution in [1.82, 2.24) is 4.90 Å². The number of piperidine rings is 2. The largest absolute Gasteiger partial charge is 0.371 e. The summed E-state index contributed by atoms with van der Waals surface area (Å²) in [5.41, 5.74) is 1.18. The highest BCUT2D eigenvalue weighted by atomic mass is 16.6. The van der Waals surface area contributed by atoms with Gasteiger partial charge in [0, 0.05) is 31.4 Å². The standard InChI is InChI=1S/C20H30N4O3/c1-15-5-3-9-22(12-15)14-20(25)21-18-11-17(7-8-19(18)24(26)27)23-10-4-6-16(2)13-23/h7-8,11,15-16H,3-6,9-10,12-14H2,1-2H3,(H,21,25)/t15-,16-/m0/s1. The first-order valence-corrected chi connectivity index (χ1v) is 9.98. The molecule has 2 aliphatic rings. The molecule has 0 spiro atoms. The number of nitro benzene ring substituents is 1. The van der Waals surface area contributed by atoms with Gasteiger partial charge in [-0.15, -0.1) is 0 Å². The third kappa shape index (κ3) is 5.19. The molecule has 2 atom stereocenters. The van der Waals surface area contributed by atoms with E-state index in [4.69, 9.17) is 0 Å². The predicted molar refractivity (Wildman–Crippen MR) is 107 cm³/mol. The van der Waals surface area contributed by atoms with Crippen LogP contribution in [0.2, 0.25) is 0 Å². The Morgan fingerprint density at radius 2 is 1.89 bits per heavy atom. The third-order valence-electron chi connectivity index (χ3n) is 5.58. The van der Waals surface area contributed by atoms with Gasteiger partial charge in [0.15, 0.2) is 0 Å².